The Labute approximate surface area is 156 Å². The van der Waals surface area contributed by atoms with Crippen molar-refractivity contribution in [2.24, 2.45) is 0 Å². The van der Waals surface area contributed by atoms with E-state index in [1.807, 2.05) is 0 Å². The van der Waals surface area contributed by atoms with E-state index < -0.39 is 0 Å². The van der Waals surface area contributed by atoms with E-state index >= 15 is 0 Å². The topological polar surface area (TPSA) is 17.4 Å². The van der Waals surface area contributed by atoms with Gasteiger partial charge in [0.15, 0.2) is 0 Å². The Morgan fingerprint density at radius 3 is 2.65 bits per heavy atom. The summed E-state index contributed by atoms with van der Waals surface area (Å²) in [6, 6.07) is 20.0. The lowest BCUT2D eigenvalue weighted by atomic mass is 10.2. The molecule has 3 aromatic rings. The first-order valence-corrected chi connectivity index (χ1v) is 9.77. The molecule has 1 fully saturated rings. The molecular weight excluding hydrogens is 320 g/mol. The average molecular weight is 348 g/mol. The van der Waals surface area contributed by atoms with Gasteiger partial charge in [0.2, 0.25) is 0 Å². The van der Waals surface area contributed by atoms with Crippen LogP contribution in [0.25, 0.3) is 16.6 Å². The smallest absolute Gasteiger partial charge is 0.119 e. The maximum Gasteiger partial charge on any atom is 0.119 e. The third-order valence-electron chi connectivity index (χ3n) is 5.54. The molecule has 3 nitrogen and oxygen atoms in total. The summed E-state index contributed by atoms with van der Waals surface area (Å²) in [7, 11) is 0. The van der Waals surface area contributed by atoms with Crippen molar-refractivity contribution in [1.29, 1.82) is 0 Å². The average Bonchev–Trinajstić information content (AvgIpc) is 3.21. The summed E-state index contributed by atoms with van der Waals surface area (Å²) in [6.07, 6.45) is 3.78. The molecule has 136 valence electrons. The number of aryl methyl sites for hydroxylation is 1. The fourth-order valence-electron chi connectivity index (χ4n) is 4.11. The standard InChI is InChI=1S/C23H28N2O/c1-18-7-5-14-24(18)15-6-16-26-22-12-10-21(11-13-22)25-19(2)17-20-8-3-4-9-23(20)25/h3-4,8-13,17-18H,5-7,14-16H2,1-2H3. The molecule has 0 spiro atoms. The van der Waals surface area contributed by atoms with Gasteiger partial charge in [0.25, 0.3) is 0 Å². The van der Waals surface area contributed by atoms with Crippen molar-refractivity contribution in [1.82, 2.24) is 9.47 Å². The second-order valence-electron chi connectivity index (χ2n) is 7.40. The number of aromatic nitrogens is 1. The van der Waals surface area contributed by atoms with Gasteiger partial charge in [-0.05, 0) is 76.1 Å². The lowest BCUT2D eigenvalue weighted by Crippen LogP contribution is -2.28. The Hall–Kier alpha value is -2.26. The fourth-order valence-corrected chi connectivity index (χ4v) is 4.11. The molecule has 1 atom stereocenters. The summed E-state index contributed by atoms with van der Waals surface area (Å²) in [6.45, 7) is 7.67. The van der Waals surface area contributed by atoms with Crippen molar-refractivity contribution in [3.8, 4) is 11.4 Å². The number of fused-ring (bicyclic) bond motifs is 1. The number of nitrogens with zero attached hydrogens (tertiary/aromatic N) is 2. The lowest BCUT2D eigenvalue weighted by molar-refractivity contribution is 0.230. The third kappa shape index (κ3) is 3.49. The zero-order valence-corrected chi connectivity index (χ0v) is 15.8. The van der Waals surface area contributed by atoms with E-state index in [2.05, 4.69) is 77.9 Å². The SMILES string of the molecule is Cc1cc2ccccc2n1-c1ccc(OCCCN2CCCC2C)cc1. The molecule has 26 heavy (non-hydrogen) atoms. The van der Waals surface area contributed by atoms with E-state index in [1.54, 1.807) is 0 Å². The highest BCUT2D eigenvalue weighted by molar-refractivity contribution is 5.83. The summed E-state index contributed by atoms with van der Waals surface area (Å²) in [5.74, 6) is 0.956. The van der Waals surface area contributed by atoms with Crippen LogP contribution in [0.2, 0.25) is 0 Å². The van der Waals surface area contributed by atoms with E-state index in [0.717, 1.165) is 31.4 Å². The highest BCUT2D eigenvalue weighted by atomic mass is 16.5. The predicted molar refractivity (Wildman–Crippen MR) is 108 cm³/mol. The van der Waals surface area contributed by atoms with Crippen molar-refractivity contribution in [2.75, 3.05) is 19.7 Å². The van der Waals surface area contributed by atoms with Gasteiger partial charge in [0.05, 0.1) is 12.1 Å². The molecule has 1 aromatic heterocycles. The Balaban J connectivity index is 1.38. The summed E-state index contributed by atoms with van der Waals surface area (Å²) < 4.78 is 8.25. The van der Waals surface area contributed by atoms with E-state index in [1.165, 1.54) is 41.7 Å². The van der Waals surface area contributed by atoms with Crippen molar-refractivity contribution in [3.05, 3.63) is 60.3 Å². The van der Waals surface area contributed by atoms with Crippen molar-refractivity contribution < 1.29 is 4.74 Å². The molecule has 3 heteroatoms. The fraction of sp³-hybridized carbons (Fsp3) is 0.391. The summed E-state index contributed by atoms with van der Waals surface area (Å²) in [5, 5.41) is 1.28. The van der Waals surface area contributed by atoms with Crippen LogP contribution < -0.4 is 4.74 Å². The van der Waals surface area contributed by atoms with Gasteiger partial charge < -0.3 is 14.2 Å². The van der Waals surface area contributed by atoms with Crippen LogP contribution in [-0.2, 0) is 0 Å². The zero-order valence-electron chi connectivity index (χ0n) is 15.8. The molecule has 1 aliphatic heterocycles. The minimum atomic E-state index is 0.744. The number of hydrogen-bond acceptors (Lipinski definition) is 2. The second-order valence-corrected chi connectivity index (χ2v) is 7.40. The van der Waals surface area contributed by atoms with Gasteiger partial charge in [-0.1, -0.05) is 18.2 Å². The maximum atomic E-state index is 5.96. The quantitative estimate of drug-likeness (QED) is 0.570. The first-order valence-electron chi connectivity index (χ1n) is 9.77. The van der Waals surface area contributed by atoms with Gasteiger partial charge in [-0.2, -0.15) is 0 Å². The number of ether oxygens (including phenoxy) is 1. The van der Waals surface area contributed by atoms with Crippen LogP contribution >= 0.6 is 0 Å². The second kappa shape index (κ2) is 7.55. The van der Waals surface area contributed by atoms with Gasteiger partial charge in [0, 0.05) is 29.4 Å². The van der Waals surface area contributed by atoms with Crippen molar-refractivity contribution >= 4 is 10.9 Å². The number of likely N-dealkylation sites (tertiary alicyclic amines) is 1. The Bertz CT molecular complexity index is 866. The predicted octanol–water partition coefficient (Wildman–Crippen LogP) is 5.19. The normalized spacial score (nSPS) is 17.8. The Kier molecular flexibility index (Phi) is 4.98. The molecule has 0 saturated carbocycles. The number of rotatable bonds is 6. The number of hydrogen-bond donors (Lipinski definition) is 0. The molecule has 1 saturated heterocycles. The third-order valence-corrected chi connectivity index (χ3v) is 5.54. The van der Waals surface area contributed by atoms with E-state index in [-0.39, 0.29) is 0 Å². The summed E-state index contributed by atoms with van der Waals surface area (Å²) in [4.78, 5) is 2.58. The minimum absolute atomic E-state index is 0.744. The van der Waals surface area contributed by atoms with Gasteiger partial charge in [0.1, 0.15) is 5.75 Å². The van der Waals surface area contributed by atoms with Crippen molar-refractivity contribution in [2.45, 2.75) is 39.2 Å². The highest BCUT2D eigenvalue weighted by Crippen LogP contribution is 2.25. The first-order chi connectivity index (χ1) is 12.7. The molecule has 0 radical (unpaired) electrons. The van der Waals surface area contributed by atoms with E-state index in [0.29, 0.717) is 0 Å². The van der Waals surface area contributed by atoms with Crippen LogP contribution in [0.4, 0.5) is 0 Å². The van der Waals surface area contributed by atoms with Gasteiger partial charge in [-0.15, -0.1) is 0 Å². The molecule has 0 aliphatic carbocycles. The highest BCUT2D eigenvalue weighted by Gasteiger charge is 2.19. The van der Waals surface area contributed by atoms with Crippen LogP contribution in [0.1, 0.15) is 31.9 Å². The zero-order chi connectivity index (χ0) is 17.9. The van der Waals surface area contributed by atoms with Crippen LogP contribution in [0, 0.1) is 6.92 Å². The summed E-state index contributed by atoms with van der Waals surface area (Å²) in [5.41, 5.74) is 3.68. The molecule has 0 amide bonds. The molecule has 0 N–H and O–H groups in total. The van der Waals surface area contributed by atoms with Gasteiger partial charge >= 0.3 is 0 Å². The van der Waals surface area contributed by atoms with E-state index in [4.69, 9.17) is 4.74 Å². The minimum Gasteiger partial charge on any atom is -0.494 e. The molecule has 4 rings (SSSR count). The molecule has 0 bridgehead atoms. The maximum absolute atomic E-state index is 5.96. The van der Waals surface area contributed by atoms with Gasteiger partial charge in [-0.3, -0.25) is 0 Å². The monoisotopic (exact) mass is 348 g/mol. The van der Waals surface area contributed by atoms with E-state index in [9.17, 15) is 0 Å². The van der Waals surface area contributed by atoms with Crippen LogP contribution in [0.3, 0.4) is 0 Å². The Morgan fingerprint density at radius 2 is 1.88 bits per heavy atom. The molecule has 2 heterocycles. The Morgan fingerprint density at radius 1 is 1.08 bits per heavy atom. The largest absolute Gasteiger partial charge is 0.494 e. The molecule has 1 unspecified atom stereocenters. The lowest BCUT2D eigenvalue weighted by Gasteiger charge is -2.20. The van der Waals surface area contributed by atoms with Crippen molar-refractivity contribution in [3.63, 3.8) is 0 Å². The van der Waals surface area contributed by atoms with Crippen LogP contribution in [0.15, 0.2) is 54.6 Å². The molecular formula is C23H28N2O. The van der Waals surface area contributed by atoms with Crippen LogP contribution in [0.5, 0.6) is 5.75 Å². The number of para-hydroxylation sites is 1. The summed E-state index contributed by atoms with van der Waals surface area (Å²) >= 11 is 0. The first kappa shape index (κ1) is 17.2. The van der Waals surface area contributed by atoms with Gasteiger partial charge in [-0.25, -0.2) is 0 Å². The number of benzene rings is 2. The molecule has 1 aliphatic rings. The molecule has 2 aromatic carbocycles. The van der Waals surface area contributed by atoms with Crippen LogP contribution in [-0.4, -0.2) is 35.2 Å².